The van der Waals surface area contributed by atoms with Crippen molar-refractivity contribution >= 4 is 22.5 Å². The van der Waals surface area contributed by atoms with E-state index in [2.05, 4.69) is 10.3 Å². The number of carbonyl (C=O) groups excluding carboxylic acids is 1. The van der Waals surface area contributed by atoms with Gasteiger partial charge in [0.1, 0.15) is 6.04 Å². The number of amides is 1. The average Bonchev–Trinajstić information content (AvgIpc) is 3.01. The standard InChI is InChI=1S/C18H19N3O/c1-13(2)17(21-11-3-4-12-21)18(22)20-15-9-5-7-14-8-6-10-19-16(14)15/h3-13,17H,1-2H3,(H,20,22). The molecule has 0 aliphatic carbocycles. The van der Waals surface area contributed by atoms with Gasteiger partial charge in [0.2, 0.25) is 5.91 Å². The molecule has 112 valence electrons. The van der Waals surface area contributed by atoms with Crippen molar-refractivity contribution in [1.82, 2.24) is 9.55 Å². The summed E-state index contributed by atoms with van der Waals surface area (Å²) in [6.45, 7) is 4.09. The molecule has 1 atom stereocenters. The molecular formula is C18H19N3O. The number of benzene rings is 1. The van der Waals surface area contributed by atoms with Crippen LogP contribution in [0.5, 0.6) is 0 Å². The fourth-order valence-corrected chi connectivity index (χ4v) is 2.73. The third-order valence-electron chi connectivity index (χ3n) is 3.74. The van der Waals surface area contributed by atoms with E-state index in [9.17, 15) is 4.79 Å². The quantitative estimate of drug-likeness (QED) is 0.793. The summed E-state index contributed by atoms with van der Waals surface area (Å²) in [5.74, 6) is 0.166. The number of fused-ring (bicyclic) bond motifs is 1. The Balaban J connectivity index is 1.92. The molecule has 3 rings (SSSR count). The fraction of sp³-hybridized carbons (Fsp3) is 0.222. The second-order valence-corrected chi connectivity index (χ2v) is 5.69. The van der Waals surface area contributed by atoms with Crippen molar-refractivity contribution in [3.8, 4) is 0 Å². The minimum Gasteiger partial charge on any atom is -0.342 e. The lowest BCUT2D eigenvalue weighted by atomic mass is 10.0. The molecule has 22 heavy (non-hydrogen) atoms. The van der Waals surface area contributed by atoms with Crippen LogP contribution >= 0.6 is 0 Å². The van der Waals surface area contributed by atoms with Crippen LogP contribution in [0.2, 0.25) is 0 Å². The number of rotatable bonds is 4. The first-order chi connectivity index (χ1) is 10.7. The lowest BCUT2D eigenvalue weighted by molar-refractivity contribution is -0.120. The molecule has 4 heteroatoms. The number of nitrogens with zero attached hydrogens (tertiary/aromatic N) is 2. The topological polar surface area (TPSA) is 46.9 Å². The van der Waals surface area contributed by atoms with E-state index < -0.39 is 0 Å². The van der Waals surface area contributed by atoms with Crippen LogP contribution in [0.4, 0.5) is 5.69 Å². The molecule has 0 aliphatic rings. The number of nitrogens with one attached hydrogen (secondary N) is 1. The van der Waals surface area contributed by atoms with Crippen LogP contribution in [0.1, 0.15) is 19.9 Å². The molecule has 3 aromatic rings. The van der Waals surface area contributed by atoms with Gasteiger partial charge in [0.05, 0.1) is 11.2 Å². The van der Waals surface area contributed by atoms with Gasteiger partial charge in [-0.3, -0.25) is 9.78 Å². The second-order valence-electron chi connectivity index (χ2n) is 5.69. The lowest BCUT2D eigenvalue weighted by Gasteiger charge is -2.22. The molecule has 1 amide bonds. The number of carbonyl (C=O) groups is 1. The highest BCUT2D eigenvalue weighted by atomic mass is 16.2. The highest BCUT2D eigenvalue weighted by Gasteiger charge is 2.23. The van der Waals surface area contributed by atoms with Crippen LogP contribution < -0.4 is 5.32 Å². The van der Waals surface area contributed by atoms with Crippen molar-refractivity contribution in [2.75, 3.05) is 5.32 Å². The van der Waals surface area contributed by atoms with Crippen molar-refractivity contribution in [1.29, 1.82) is 0 Å². The van der Waals surface area contributed by atoms with E-state index in [1.54, 1.807) is 6.20 Å². The van der Waals surface area contributed by atoms with Crippen molar-refractivity contribution in [2.45, 2.75) is 19.9 Å². The summed E-state index contributed by atoms with van der Waals surface area (Å²) < 4.78 is 1.94. The predicted octanol–water partition coefficient (Wildman–Crippen LogP) is 3.87. The molecule has 2 heterocycles. The Labute approximate surface area is 129 Å². The molecular weight excluding hydrogens is 274 g/mol. The predicted molar refractivity (Wildman–Crippen MR) is 88.7 cm³/mol. The van der Waals surface area contributed by atoms with E-state index in [1.165, 1.54) is 0 Å². The van der Waals surface area contributed by atoms with E-state index in [-0.39, 0.29) is 17.9 Å². The summed E-state index contributed by atoms with van der Waals surface area (Å²) in [6, 6.07) is 13.3. The average molecular weight is 293 g/mol. The summed E-state index contributed by atoms with van der Waals surface area (Å²) >= 11 is 0. The van der Waals surface area contributed by atoms with Gasteiger partial charge in [0, 0.05) is 24.0 Å². The Morgan fingerprint density at radius 1 is 1.09 bits per heavy atom. The molecule has 0 aliphatic heterocycles. The number of aromatic nitrogens is 2. The van der Waals surface area contributed by atoms with E-state index in [0.29, 0.717) is 0 Å². The van der Waals surface area contributed by atoms with Gasteiger partial charge in [-0.2, -0.15) is 0 Å². The smallest absolute Gasteiger partial charge is 0.247 e. The number of hydrogen-bond donors (Lipinski definition) is 1. The molecule has 0 radical (unpaired) electrons. The first kappa shape index (κ1) is 14.3. The molecule has 0 fully saturated rings. The summed E-state index contributed by atoms with van der Waals surface area (Å²) in [5, 5.41) is 4.05. The van der Waals surface area contributed by atoms with Gasteiger partial charge in [0.15, 0.2) is 0 Å². The molecule has 1 unspecified atom stereocenters. The molecule has 0 saturated heterocycles. The van der Waals surface area contributed by atoms with Gasteiger partial charge < -0.3 is 9.88 Å². The maximum atomic E-state index is 12.7. The normalized spacial score (nSPS) is 12.5. The Morgan fingerprint density at radius 3 is 2.55 bits per heavy atom. The van der Waals surface area contributed by atoms with E-state index in [1.807, 2.05) is 73.3 Å². The van der Waals surface area contributed by atoms with Gasteiger partial charge in [-0.25, -0.2) is 0 Å². The zero-order valence-corrected chi connectivity index (χ0v) is 12.7. The molecule has 0 bridgehead atoms. The molecule has 2 aromatic heterocycles. The van der Waals surface area contributed by atoms with Gasteiger partial charge in [-0.15, -0.1) is 0 Å². The van der Waals surface area contributed by atoms with E-state index in [4.69, 9.17) is 0 Å². The molecule has 1 N–H and O–H groups in total. The highest BCUT2D eigenvalue weighted by Crippen LogP contribution is 2.24. The van der Waals surface area contributed by atoms with Gasteiger partial charge in [-0.1, -0.05) is 32.0 Å². The van der Waals surface area contributed by atoms with Crippen molar-refractivity contribution in [3.05, 3.63) is 61.1 Å². The van der Waals surface area contributed by atoms with E-state index in [0.717, 1.165) is 16.6 Å². The largest absolute Gasteiger partial charge is 0.342 e. The zero-order valence-electron chi connectivity index (χ0n) is 12.7. The third-order valence-corrected chi connectivity index (χ3v) is 3.74. The number of para-hydroxylation sites is 1. The van der Waals surface area contributed by atoms with Crippen molar-refractivity contribution in [3.63, 3.8) is 0 Å². The maximum absolute atomic E-state index is 12.7. The van der Waals surface area contributed by atoms with Gasteiger partial charge in [-0.05, 0) is 30.2 Å². The molecule has 0 saturated carbocycles. The van der Waals surface area contributed by atoms with Crippen LogP contribution in [0.25, 0.3) is 10.9 Å². The SMILES string of the molecule is CC(C)C(C(=O)Nc1cccc2cccnc12)n1cccc1. The Morgan fingerprint density at radius 2 is 1.82 bits per heavy atom. The maximum Gasteiger partial charge on any atom is 0.247 e. The van der Waals surface area contributed by atoms with Crippen LogP contribution in [0, 0.1) is 5.92 Å². The van der Waals surface area contributed by atoms with Crippen molar-refractivity contribution in [2.24, 2.45) is 5.92 Å². The number of anilines is 1. The first-order valence-corrected chi connectivity index (χ1v) is 7.44. The Kier molecular flexibility index (Phi) is 3.92. The van der Waals surface area contributed by atoms with E-state index >= 15 is 0 Å². The van der Waals surface area contributed by atoms with Crippen LogP contribution in [-0.2, 0) is 4.79 Å². The van der Waals surface area contributed by atoms with Crippen LogP contribution in [0.15, 0.2) is 61.1 Å². The molecule has 0 spiro atoms. The monoisotopic (exact) mass is 293 g/mol. The highest BCUT2D eigenvalue weighted by molar-refractivity contribution is 6.01. The summed E-state index contributed by atoms with van der Waals surface area (Å²) in [4.78, 5) is 17.1. The summed E-state index contributed by atoms with van der Waals surface area (Å²) in [5.41, 5.74) is 1.56. The number of hydrogen-bond acceptors (Lipinski definition) is 2. The summed E-state index contributed by atoms with van der Waals surface area (Å²) in [6.07, 6.45) is 5.58. The number of pyridine rings is 1. The minimum atomic E-state index is -0.242. The minimum absolute atomic E-state index is 0.0237. The van der Waals surface area contributed by atoms with Crippen LogP contribution in [0.3, 0.4) is 0 Å². The van der Waals surface area contributed by atoms with Crippen LogP contribution in [-0.4, -0.2) is 15.5 Å². The second kappa shape index (κ2) is 6.02. The van der Waals surface area contributed by atoms with Gasteiger partial charge >= 0.3 is 0 Å². The molecule has 1 aromatic carbocycles. The third kappa shape index (κ3) is 2.72. The summed E-state index contributed by atoms with van der Waals surface area (Å²) in [7, 11) is 0. The first-order valence-electron chi connectivity index (χ1n) is 7.44. The molecule has 4 nitrogen and oxygen atoms in total. The Hall–Kier alpha value is -2.62. The zero-order chi connectivity index (χ0) is 15.5. The lowest BCUT2D eigenvalue weighted by Crippen LogP contribution is -2.29. The van der Waals surface area contributed by atoms with Crippen molar-refractivity contribution < 1.29 is 4.79 Å². The van der Waals surface area contributed by atoms with Gasteiger partial charge in [0.25, 0.3) is 0 Å². The Bertz CT molecular complexity index is 773. The fourth-order valence-electron chi connectivity index (χ4n) is 2.73.